The van der Waals surface area contributed by atoms with E-state index in [-0.39, 0.29) is 11.8 Å². The normalized spacial score (nSPS) is 16.0. The van der Waals surface area contributed by atoms with Crippen LogP contribution in [0.5, 0.6) is 0 Å². The van der Waals surface area contributed by atoms with Crippen LogP contribution < -0.4 is 5.32 Å². The van der Waals surface area contributed by atoms with Crippen molar-refractivity contribution in [2.24, 2.45) is 0 Å². The van der Waals surface area contributed by atoms with Crippen LogP contribution in [0.2, 0.25) is 5.02 Å². The smallest absolute Gasteiger partial charge is 0.255 e. The van der Waals surface area contributed by atoms with Gasteiger partial charge in [0.1, 0.15) is 11.0 Å². The van der Waals surface area contributed by atoms with E-state index in [9.17, 15) is 9.59 Å². The van der Waals surface area contributed by atoms with Gasteiger partial charge in [0.2, 0.25) is 5.91 Å². The first-order chi connectivity index (χ1) is 14.1. The average Bonchev–Trinajstić information content (AvgIpc) is 3.42. The van der Waals surface area contributed by atoms with Crippen molar-refractivity contribution in [3.63, 3.8) is 0 Å². The number of amides is 2. The SMILES string of the molecule is O=C(NCc1csc(-c2ccccc2)n1)[C@H]1CSCN1C(=O)c1cccc(Cl)c1. The zero-order valence-corrected chi connectivity index (χ0v) is 17.8. The molecule has 0 spiro atoms. The van der Waals surface area contributed by atoms with E-state index in [4.69, 9.17) is 11.6 Å². The van der Waals surface area contributed by atoms with E-state index in [1.54, 1.807) is 52.3 Å². The Morgan fingerprint density at radius 3 is 2.79 bits per heavy atom. The molecule has 148 valence electrons. The molecule has 1 fully saturated rings. The third kappa shape index (κ3) is 4.63. The van der Waals surface area contributed by atoms with Crippen LogP contribution in [0.1, 0.15) is 16.1 Å². The van der Waals surface area contributed by atoms with Gasteiger partial charge in [0.05, 0.1) is 18.1 Å². The number of hydrogen-bond acceptors (Lipinski definition) is 5. The summed E-state index contributed by atoms with van der Waals surface area (Å²) in [4.78, 5) is 31.7. The molecule has 1 saturated heterocycles. The largest absolute Gasteiger partial charge is 0.349 e. The summed E-state index contributed by atoms with van der Waals surface area (Å²) in [5.41, 5.74) is 2.35. The number of benzene rings is 2. The monoisotopic (exact) mass is 443 g/mol. The van der Waals surface area contributed by atoms with Gasteiger partial charge in [-0.05, 0) is 18.2 Å². The van der Waals surface area contributed by atoms with Crippen LogP contribution >= 0.6 is 34.7 Å². The summed E-state index contributed by atoms with van der Waals surface area (Å²) < 4.78 is 0. The molecule has 1 N–H and O–H groups in total. The lowest BCUT2D eigenvalue weighted by molar-refractivity contribution is -0.124. The van der Waals surface area contributed by atoms with Crippen LogP contribution in [0.4, 0.5) is 0 Å². The summed E-state index contributed by atoms with van der Waals surface area (Å²) in [7, 11) is 0. The summed E-state index contributed by atoms with van der Waals surface area (Å²) in [6, 6.07) is 16.2. The van der Waals surface area contributed by atoms with Gasteiger partial charge in [0, 0.05) is 27.3 Å². The summed E-state index contributed by atoms with van der Waals surface area (Å²) in [5.74, 6) is 0.709. The van der Waals surface area contributed by atoms with Gasteiger partial charge in [-0.15, -0.1) is 23.1 Å². The van der Waals surface area contributed by atoms with Crippen molar-refractivity contribution >= 4 is 46.5 Å². The molecule has 1 aromatic heterocycles. The van der Waals surface area contributed by atoms with Crippen LogP contribution in [0.15, 0.2) is 60.0 Å². The molecule has 3 aromatic rings. The number of carbonyl (C=O) groups is 2. The lowest BCUT2D eigenvalue weighted by atomic mass is 10.1. The Labute approximate surface area is 182 Å². The third-order valence-corrected chi connectivity index (χ3v) is 6.72. The number of halogens is 1. The molecule has 1 atom stereocenters. The molecule has 4 rings (SSSR count). The molecule has 8 heteroatoms. The first-order valence-electron chi connectivity index (χ1n) is 9.03. The molecule has 0 saturated carbocycles. The Morgan fingerprint density at radius 1 is 1.17 bits per heavy atom. The molecule has 2 heterocycles. The lowest BCUT2D eigenvalue weighted by Crippen LogP contribution is -2.47. The minimum absolute atomic E-state index is 0.167. The predicted molar refractivity (Wildman–Crippen MR) is 118 cm³/mol. The van der Waals surface area contributed by atoms with Crippen molar-refractivity contribution in [2.45, 2.75) is 12.6 Å². The van der Waals surface area contributed by atoms with Crippen LogP contribution in [0.3, 0.4) is 0 Å². The summed E-state index contributed by atoms with van der Waals surface area (Å²) in [5, 5.41) is 6.29. The Kier molecular flexibility index (Phi) is 6.18. The van der Waals surface area contributed by atoms with Gasteiger partial charge >= 0.3 is 0 Å². The van der Waals surface area contributed by atoms with E-state index in [1.807, 2.05) is 35.7 Å². The predicted octanol–water partition coefficient (Wildman–Crippen LogP) is 4.30. The van der Waals surface area contributed by atoms with Crippen LogP contribution in [0, 0.1) is 0 Å². The van der Waals surface area contributed by atoms with Crippen molar-refractivity contribution in [2.75, 3.05) is 11.6 Å². The Hall–Kier alpha value is -2.35. The zero-order chi connectivity index (χ0) is 20.2. The molecule has 0 bridgehead atoms. The van der Waals surface area contributed by atoms with Crippen LogP contribution in [-0.2, 0) is 11.3 Å². The molecule has 0 aliphatic carbocycles. The topological polar surface area (TPSA) is 62.3 Å². The van der Waals surface area contributed by atoms with Crippen molar-refractivity contribution < 1.29 is 9.59 Å². The van der Waals surface area contributed by atoms with Gasteiger partial charge in [-0.1, -0.05) is 48.0 Å². The Morgan fingerprint density at radius 2 is 2.00 bits per heavy atom. The van der Waals surface area contributed by atoms with E-state index in [0.29, 0.717) is 28.8 Å². The van der Waals surface area contributed by atoms with Gasteiger partial charge < -0.3 is 10.2 Å². The highest BCUT2D eigenvalue weighted by molar-refractivity contribution is 7.99. The van der Waals surface area contributed by atoms with Crippen molar-refractivity contribution in [3.8, 4) is 10.6 Å². The first kappa shape index (κ1) is 19.9. The van der Waals surface area contributed by atoms with Crippen LogP contribution in [0.25, 0.3) is 10.6 Å². The second-order valence-corrected chi connectivity index (χ2v) is 8.82. The quantitative estimate of drug-likeness (QED) is 0.638. The number of hydrogen-bond donors (Lipinski definition) is 1. The first-order valence-corrected chi connectivity index (χ1v) is 11.4. The van der Waals surface area contributed by atoms with Crippen molar-refractivity contribution in [1.82, 2.24) is 15.2 Å². The minimum atomic E-state index is -0.501. The fourth-order valence-corrected chi connectivity index (χ4v) is 5.21. The number of nitrogens with zero attached hydrogens (tertiary/aromatic N) is 2. The number of aromatic nitrogens is 1. The Bertz CT molecular complexity index is 1030. The molecule has 2 aromatic carbocycles. The molecular formula is C21H18ClN3O2S2. The number of carbonyl (C=O) groups excluding carboxylic acids is 2. The summed E-state index contributed by atoms with van der Waals surface area (Å²) in [6.45, 7) is 0.336. The fourth-order valence-electron chi connectivity index (χ4n) is 3.04. The molecule has 1 aliphatic rings. The second kappa shape index (κ2) is 8.98. The van der Waals surface area contributed by atoms with Gasteiger partial charge in [0.25, 0.3) is 5.91 Å². The molecule has 2 amide bonds. The molecular weight excluding hydrogens is 426 g/mol. The maximum absolute atomic E-state index is 12.8. The van der Waals surface area contributed by atoms with Crippen molar-refractivity contribution in [3.05, 3.63) is 76.3 Å². The third-order valence-electron chi connectivity index (χ3n) is 4.53. The summed E-state index contributed by atoms with van der Waals surface area (Å²) >= 11 is 9.11. The molecule has 5 nitrogen and oxygen atoms in total. The number of nitrogens with one attached hydrogen (secondary N) is 1. The lowest BCUT2D eigenvalue weighted by Gasteiger charge is -2.23. The van der Waals surface area contributed by atoms with Gasteiger partial charge in [-0.3, -0.25) is 9.59 Å². The number of thioether (sulfide) groups is 1. The highest BCUT2D eigenvalue weighted by Gasteiger charge is 2.35. The van der Waals surface area contributed by atoms with E-state index in [2.05, 4.69) is 10.3 Å². The number of rotatable bonds is 5. The van der Waals surface area contributed by atoms with E-state index in [0.717, 1.165) is 16.3 Å². The molecule has 0 unspecified atom stereocenters. The average molecular weight is 444 g/mol. The van der Waals surface area contributed by atoms with E-state index in [1.165, 1.54) is 0 Å². The van der Waals surface area contributed by atoms with Gasteiger partial charge in [-0.2, -0.15) is 0 Å². The van der Waals surface area contributed by atoms with E-state index >= 15 is 0 Å². The number of thiazole rings is 1. The maximum Gasteiger partial charge on any atom is 0.255 e. The van der Waals surface area contributed by atoms with Gasteiger partial charge in [0.15, 0.2) is 0 Å². The molecule has 1 aliphatic heterocycles. The molecule has 29 heavy (non-hydrogen) atoms. The van der Waals surface area contributed by atoms with Gasteiger partial charge in [-0.25, -0.2) is 4.98 Å². The second-order valence-electron chi connectivity index (χ2n) is 6.53. The van der Waals surface area contributed by atoms with E-state index < -0.39 is 6.04 Å². The maximum atomic E-state index is 12.8. The zero-order valence-electron chi connectivity index (χ0n) is 15.4. The van der Waals surface area contributed by atoms with Crippen molar-refractivity contribution in [1.29, 1.82) is 0 Å². The fraction of sp³-hybridized carbons (Fsp3) is 0.190. The summed E-state index contributed by atoms with van der Waals surface area (Å²) in [6.07, 6.45) is 0. The highest BCUT2D eigenvalue weighted by atomic mass is 35.5. The van der Waals surface area contributed by atoms with Crippen LogP contribution in [-0.4, -0.2) is 39.4 Å². The molecule has 0 radical (unpaired) electrons. The minimum Gasteiger partial charge on any atom is -0.349 e. The Balaban J connectivity index is 1.39. The highest BCUT2D eigenvalue weighted by Crippen LogP contribution is 2.25. The standard InChI is InChI=1S/C21H18ClN3O2S2/c22-16-8-4-7-15(9-16)21(27)25-13-28-12-18(25)19(26)23-10-17-11-29-20(24-17)14-5-2-1-3-6-14/h1-9,11,18H,10,12-13H2,(H,23,26)/t18-/m1/s1.